The van der Waals surface area contributed by atoms with Gasteiger partial charge in [-0.2, -0.15) is 0 Å². The minimum atomic E-state index is -0.233. The summed E-state index contributed by atoms with van der Waals surface area (Å²) in [5.41, 5.74) is 7.03. The van der Waals surface area contributed by atoms with Crippen LogP contribution in [0.1, 0.15) is 24.0 Å². The van der Waals surface area contributed by atoms with Gasteiger partial charge in [0.15, 0.2) is 0 Å². The maximum atomic E-state index is 13.7. The molecule has 1 fully saturated rings. The molecule has 0 radical (unpaired) electrons. The van der Waals surface area contributed by atoms with Crippen molar-refractivity contribution >= 4 is 0 Å². The molecule has 1 aliphatic rings. The molecule has 1 saturated heterocycles. The van der Waals surface area contributed by atoms with Crippen LogP contribution in [0.3, 0.4) is 0 Å². The fraction of sp³-hybridized carbons (Fsp3) is 0.529. The highest BCUT2D eigenvalue weighted by atomic mass is 19.1. The minimum absolute atomic E-state index is 0.233. The van der Waals surface area contributed by atoms with Crippen molar-refractivity contribution in [3.63, 3.8) is 0 Å². The van der Waals surface area contributed by atoms with Gasteiger partial charge in [-0.1, -0.05) is 11.8 Å². The number of hydrogen-bond donors (Lipinski definition) is 1. The topological polar surface area (TPSA) is 32.5 Å². The van der Waals surface area contributed by atoms with Crippen molar-refractivity contribution in [3.05, 3.63) is 35.1 Å². The van der Waals surface area contributed by atoms with Crippen LogP contribution in [-0.4, -0.2) is 49.6 Å². The van der Waals surface area contributed by atoms with Gasteiger partial charge in [0.1, 0.15) is 5.82 Å². The number of hydrogen-bond acceptors (Lipinski definition) is 3. The fourth-order valence-corrected chi connectivity index (χ4v) is 2.88. The van der Waals surface area contributed by atoms with E-state index in [2.05, 4.69) is 35.7 Å². The quantitative estimate of drug-likeness (QED) is 0.859. The van der Waals surface area contributed by atoms with Crippen molar-refractivity contribution in [2.45, 2.75) is 25.4 Å². The summed E-state index contributed by atoms with van der Waals surface area (Å²) in [5.74, 6) is 5.44. The van der Waals surface area contributed by atoms with E-state index in [1.807, 2.05) is 6.07 Å². The summed E-state index contributed by atoms with van der Waals surface area (Å²) in [5, 5.41) is 0. The Kier molecular flexibility index (Phi) is 5.75. The summed E-state index contributed by atoms with van der Waals surface area (Å²) in [7, 11) is 4.27. The number of piperidine rings is 1. The lowest BCUT2D eigenvalue weighted by Gasteiger charge is -2.35. The van der Waals surface area contributed by atoms with Gasteiger partial charge in [-0.15, -0.1) is 0 Å². The normalized spacial score (nSPS) is 19.4. The second-order valence-corrected chi connectivity index (χ2v) is 5.83. The highest BCUT2D eigenvalue weighted by Crippen LogP contribution is 2.17. The Morgan fingerprint density at radius 2 is 2.24 bits per heavy atom. The minimum Gasteiger partial charge on any atom is -0.320 e. The first-order chi connectivity index (χ1) is 10.1. The van der Waals surface area contributed by atoms with Crippen molar-refractivity contribution < 1.29 is 4.39 Å². The summed E-state index contributed by atoms with van der Waals surface area (Å²) in [6, 6.07) is 5.54. The monoisotopic (exact) mass is 289 g/mol. The van der Waals surface area contributed by atoms with Gasteiger partial charge in [-0.05, 0) is 57.2 Å². The standard InChI is InChI=1S/C17H24FN3/c1-20-8-4-6-17(13-20)21(2)12-15-9-14(5-3-7-19)10-16(18)11-15/h9-11,17H,4,6-8,12-13,19H2,1-2H3. The summed E-state index contributed by atoms with van der Waals surface area (Å²) in [6.07, 6.45) is 2.43. The molecule has 2 rings (SSSR count). The second kappa shape index (κ2) is 7.56. The molecule has 1 aromatic carbocycles. The van der Waals surface area contributed by atoms with Crippen LogP contribution in [0, 0.1) is 17.7 Å². The van der Waals surface area contributed by atoms with Crippen LogP contribution in [-0.2, 0) is 6.54 Å². The van der Waals surface area contributed by atoms with Gasteiger partial charge < -0.3 is 10.6 Å². The van der Waals surface area contributed by atoms with Crippen LogP contribution < -0.4 is 5.73 Å². The Labute approximate surface area is 126 Å². The smallest absolute Gasteiger partial charge is 0.124 e. The lowest BCUT2D eigenvalue weighted by Crippen LogP contribution is -2.44. The molecule has 1 atom stereocenters. The maximum Gasteiger partial charge on any atom is 0.124 e. The van der Waals surface area contributed by atoms with Crippen molar-refractivity contribution in [3.8, 4) is 11.8 Å². The SMILES string of the molecule is CN1CCCC(N(C)Cc2cc(F)cc(C#CCN)c2)C1. The molecule has 21 heavy (non-hydrogen) atoms. The number of likely N-dealkylation sites (N-methyl/N-ethyl adjacent to an activating group) is 2. The first-order valence-electron chi connectivity index (χ1n) is 7.45. The molecule has 0 saturated carbocycles. The molecule has 3 nitrogen and oxygen atoms in total. The molecule has 1 heterocycles. The van der Waals surface area contributed by atoms with E-state index in [0.29, 0.717) is 18.2 Å². The molecule has 4 heteroatoms. The molecule has 0 aromatic heterocycles. The van der Waals surface area contributed by atoms with Gasteiger partial charge in [0.25, 0.3) is 0 Å². The maximum absolute atomic E-state index is 13.7. The molecular formula is C17H24FN3. The largest absolute Gasteiger partial charge is 0.320 e. The lowest BCUT2D eigenvalue weighted by atomic mass is 10.0. The van der Waals surface area contributed by atoms with Crippen molar-refractivity contribution in [2.24, 2.45) is 5.73 Å². The third-order valence-corrected chi connectivity index (χ3v) is 3.95. The summed E-state index contributed by atoms with van der Waals surface area (Å²) < 4.78 is 13.7. The number of halogens is 1. The van der Waals surface area contributed by atoms with E-state index >= 15 is 0 Å². The molecule has 1 unspecified atom stereocenters. The third kappa shape index (κ3) is 4.82. The van der Waals surface area contributed by atoms with E-state index in [9.17, 15) is 4.39 Å². The van der Waals surface area contributed by atoms with Crippen molar-refractivity contribution in [2.75, 3.05) is 33.7 Å². The van der Waals surface area contributed by atoms with Crippen LogP contribution in [0.4, 0.5) is 4.39 Å². The number of likely N-dealkylation sites (tertiary alicyclic amines) is 1. The van der Waals surface area contributed by atoms with Crippen LogP contribution in [0.2, 0.25) is 0 Å². The summed E-state index contributed by atoms with van der Waals surface area (Å²) in [6.45, 7) is 3.28. The van der Waals surface area contributed by atoms with Gasteiger partial charge in [-0.25, -0.2) is 4.39 Å². The van der Waals surface area contributed by atoms with Gasteiger partial charge in [0.2, 0.25) is 0 Å². The zero-order valence-corrected chi connectivity index (χ0v) is 12.9. The fourth-order valence-electron chi connectivity index (χ4n) is 2.88. The Morgan fingerprint density at radius 3 is 2.95 bits per heavy atom. The van der Waals surface area contributed by atoms with E-state index in [1.54, 1.807) is 6.07 Å². The number of nitrogens with zero attached hydrogens (tertiary/aromatic N) is 2. The van der Waals surface area contributed by atoms with E-state index in [4.69, 9.17) is 5.73 Å². The molecule has 0 aliphatic carbocycles. The lowest BCUT2D eigenvalue weighted by molar-refractivity contribution is 0.129. The molecule has 1 aliphatic heterocycles. The molecule has 114 valence electrons. The number of benzene rings is 1. The third-order valence-electron chi connectivity index (χ3n) is 3.95. The molecular weight excluding hydrogens is 265 g/mol. The van der Waals surface area contributed by atoms with E-state index in [0.717, 1.165) is 18.7 Å². The van der Waals surface area contributed by atoms with E-state index < -0.39 is 0 Å². The van der Waals surface area contributed by atoms with E-state index in [-0.39, 0.29) is 5.82 Å². The highest BCUT2D eigenvalue weighted by molar-refractivity contribution is 5.38. The van der Waals surface area contributed by atoms with Crippen molar-refractivity contribution in [1.82, 2.24) is 9.80 Å². The Morgan fingerprint density at radius 1 is 1.43 bits per heavy atom. The van der Waals surface area contributed by atoms with Crippen LogP contribution in [0.5, 0.6) is 0 Å². The van der Waals surface area contributed by atoms with Gasteiger partial charge in [-0.3, -0.25) is 4.90 Å². The van der Waals surface area contributed by atoms with E-state index in [1.165, 1.54) is 25.5 Å². The van der Waals surface area contributed by atoms with Crippen LogP contribution in [0.25, 0.3) is 0 Å². The molecule has 0 bridgehead atoms. The Balaban J connectivity index is 2.06. The Hall–Kier alpha value is -1.41. The second-order valence-electron chi connectivity index (χ2n) is 5.83. The van der Waals surface area contributed by atoms with Crippen molar-refractivity contribution in [1.29, 1.82) is 0 Å². The zero-order valence-electron chi connectivity index (χ0n) is 12.9. The Bertz CT molecular complexity index is 533. The molecule has 1 aromatic rings. The average molecular weight is 289 g/mol. The summed E-state index contributed by atoms with van der Waals surface area (Å²) >= 11 is 0. The van der Waals surface area contributed by atoms with Crippen LogP contribution >= 0.6 is 0 Å². The summed E-state index contributed by atoms with van der Waals surface area (Å²) in [4.78, 5) is 4.67. The number of nitrogens with two attached hydrogens (primary N) is 1. The average Bonchev–Trinajstić information content (AvgIpc) is 2.44. The van der Waals surface area contributed by atoms with Gasteiger partial charge >= 0.3 is 0 Å². The zero-order chi connectivity index (χ0) is 15.2. The first-order valence-corrected chi connectivity index (χ1v) is 7.45. The molecule has 0 spiro atoms. The molecule has 0 amide bonds. The van der Waals surface area contributed by atoms with Gasteiger partial charge in [0.05, 0.1) is 6.54 Å². The highest BCUT2D eigenvalue weighted by Gasteiger charge is 2.21. The first kappa shape index (κ1) is 16.0. The predicted octanol–water partition coefficient (Wildman–Crippen LogP) is 1.66. The predicted molar refractivity (Wildman–Crippen MR) is 84.3 cm³/mol. The number of rotatable bonds is 3. The van der Waals surface area contributed by atoms with Gasteiger partial charge in [0, 0.05) is 24.7 Å². The molecule has 2 N–H and O–H groups in total. The van der Waals surface area contributed by atoms with Crippen LogP contribution in [0.15, 0.2) is 18.2 Å².